The Kier molecular flexibility index (Phi) is 4.62. The molecule has 1 atom stereocenters. The second kappa shape index (κ2) is 5.78. The van der Waals surface area contributed by atoms with Crippen LogP contribution < -0.4 is 10.6 Å². The Bertz CT molecular complexity index is 272. The third-order valence-corrected chi connectivity index (χ3v) is 2.98. The molecule has 0 bridgehead atoms. The Morgan fingerprint density at radius 1 is 1.64 bits per heavy atom. The normalized spacial score (nSPS) is 12.4. The van der Waals surface area contributed by atoms with Gasteiger partial charge >= 0.3 is 0 Å². The molecule has 78 valence electrons. The summed E-state index contributed by atoms with van der Waals surface area (Å²) < 4.78 is 0. The predicted molar refractivity (Wildman–Crippen MR) is 59.6 cm³/mol. The molecule has 0 spiro atoms. The van der Waals surface area contributed by atoms with Gasteiger partial charge in [0.05, 0.1) is 6.04 Å². The summed E-state index contributed by atoms with van der Waals surface area (Å²) in [6.45, 7) is 2.71. The van der Waals surface area contributed by atoms with Crippen LogP contribution in [0.3, 0.4) is 0 Å². The van der Waals surface area contributed by atoms with Gasteiger partial charge in [0.15, 0.2) is 0 Å². The van der Waals surface area contributed by atoms with E-state index >= 15 is 0 Å². The Morgan fingerprint density at radius 3 is 3.00 bits per heavy atom. The van der Waals surface area contributed by atoms with E-state index in [-0.39, 0.29) is 11.9 Å². The van der Waals surface area contributed by atoms with Crippen LogP contribution in [-0.4, -0.2) is 25.5 Å². The lowest BCUT2D eigenvalue weighted by Crippen LogP contribution is -2.41. The zero-order chi connectivity index (χ0) is 10.4. The first kappa shape index (κ1) is 11.2. The molecule has 0 aliphatic rings. The maximum Gasteiger partial charge on any atom is 0.236 e. The summed E-state index contributed by atoms with van der Waals surface area (Å²) in [5.74, 6) is 0.0381. The third-order valence-electron chi connectivity index (χ3n) is 2.04. The minimum atomic E-state index is -0.111. The maximum absolute atomic E-state index is 11.1. The van der Waals surface area contributed by atoms with Gasteiger partial charge in [-0.3, -0.25) is 4.79 Å². The number of nitrogens with one attached hydrogen (secondary N) is 2. The molecule has 0 fully saturated rings. The summed E-state index contributed by atoms with van der Waals surface area (Å²) in [6, 6.07) is 4.04. The molecule has 0 radical (unpaired) electrons. The van der Waals surface area contributed by atoms with Gasteiger partial charge in [0.25, 0.3) is 0 Å². The van der Waals surface area contributed by atoms with E-state index in [1.54, 1.807) is 18.4 Å². The number of rotatable bonds is 5. The van der Waals surface area contributed by atoms with Crippen molar-refractivity contribution in [3.63, 3.8) is 0 Å². The van der Waals surface area contributed by atoms with E-state index in [4.69, 9.17) is 0 Å². The summed E-state index contributed by atoms with van der Waals surface area (Å²) in [5, 5.41) is 7.84. The molecule has 1 aromatic rings. The van der Waals surface area contributed by atoms with Crippen LogP contribution >= 0.6 is 11.3 Å². The average Bonchev–Trinajstić information content (AvgIpc) is 2.69. The highest BCUT2D eigenvalue weighted by atomic mass is 32.1. The van der Waals surface area contributed by atoms with Crippen LogP contribution in [0.15, 0.2) is 17.5 Å². The van der Waals surface area contributed by atoms with Gasteiger partial charge < -0.3 is 10.6 Å². The molecule has 1 amide bonds. The minimum absolute atomic E-state index is 0.0381. The van der Waals surface area contributed by atoms with Crippen LogP contribution in [-0.2, 0) is 11.2 Å². The second-order valence-electron chi connectivity index (χ2n) is 3.12. The summed E-state index contributed by atoms with van der Waals surface area (Å²) in [5.41, 5.74) is 0. The molecular formula is C10H16N2OS. The standard InChI is InChI=1S/C10H16N2OS/c1-8(10(13)11-2)12-6-5-9-4-3-7-14-9/h3-4,7-8,12H,5-6H2,1-2H3,(H,11,13). The topological polar surface area (TPSA) is 41.1 Å². The van der Waals surface area contributed by atoms with Crippen molar-refractivity contribution in [2.24, 2.45) is 0 Å². The van der Waals surface area contributed by atoms with Crippen LogP contribution in [0.4, 0.5) is 0 Å². The van der Waals surface area contributed by atoms with Crippen LogP contribution in [0.1, 0.15) is 11.8 Å². The molecule has 0 aliphatic carbocycles. The molecule has 4 heteroatoms. The van der Waals surface area contributed by atoms with Gasteiger partial charge in [-0.2, -0.15) is 0 Å². The quantitative estimate of drug-likeness (QED) is 0.765. The van der Waals surface area contributed by atoms with Gasteiger partial charge in [-0.1, -0.05) is 6.07 Å². The molecule has 2 N–H and O–H groups in total. The van der Waals surface area contributed by atoms with Gasteiger partial charge in [0, 0.05) is 18.5 Å². The molecule has 0 saturated heterocycles. The number of hydrogen-bond donors (Lipinski definition) is 2. The summed E-state index contributed by atoms with van der Waals surface area (Å²) in [4.78, 5) is 12.5. The van der Waals surface area contributed by atoms with E-state index in [1.807, 2.05) is 13.0 Å². The van der Waals surface area contributed by atoms with Crippen LogP contribution in [0.5, 0.6) is 0 Å². The summed E-state index contributed by atoms with van der Waals surface area (Å²) in [7, 11) is 1.65. The van der Waals surface area contributed by atoms with Crippen molar-refractivity contribution in [2.45, 2.75) is 19.4 Å². The highest BCUT2D eigenvalue weighted by Gasteiger charge is 2.08. The monoisotopic (exact) mass is 212 g/mol. The number of carbonyl (C=O) groups excluding carboxylic acids is 1. The Hall–Kier alpha value is -0.870. The van der Waals surface area contributed by atoms with Crippen molar-refractivity contribution < 1.29 is 4.79 Å². The maximum atomic E-state index is 11.1. The van der Waals surface area contributed by atoms with E-state index in [2.05, 4.69) is 22.1 Å². The Labute approximate surface area is 88.5 Å². The van der Waals surface area contributed by atoms with Crippen molar-refractivity contribution in [3.8, 4) is 0 Å². The van der Waals surface area contributed by atoms with E-state index in [1.165, 1.54) is 4.88 Å². The summed E-state index contributed by atoms with van der Waals surface area (Å²) in [6.07, 6.45) is 0.985. The molecular weight excluding hydrogens is 196 g/mol. The molecule has 0 saturated carbocycles. The molecule has 0 aromatic carbocycles. The van der Waals surface area contributed by atoms with Crippen molar-refractivity contribution in [1.82, 2.24) is 10.6 Å². The SMILES string of the molecule is CNC(=O)C(C)NCCc1cccs1. The highest BCUT2D eigenvalue weighted by molar-refractivity contribution is 7.09. The smallest absolute Gasteiger partial charge is 0.236 e. The molecule has 3 nitrogen and oxygen atoms in total. The van der Waals surface area contributed by atoms with Crippen molar-refractivity contribution in [3.05, 3.63) is 22.4 Å². The van der Waals surface area contributed by atoms with Gasteiger partial charge in [0.2, 0.25) is 5.91 Å². The zero-order valence-corrected chi connectivity index (χ0v) is 9.36. The van der Waals surface area contributed by atoms with E-state index < -0.39 is 0 Å². The predicted octanol–water partition coefficient (Wildman–Crippen LogP) is 1.01. The van der Waals surface area contributed by atoms with Gasteiger partial charge in [-0.15, -0.1) is 11.3 Å². The van der Waals surface area contributed by atoms with E-state index in [9.17, 15) is 4.79 Å². The fraction of sp³-hybridized carbons (Fsp3) is 0.500. The largest absolute Gasteiger partial charge is 0.358 e. The van der Waals surface area contributed by atoms with Crippen LogP contribution in [0.25, 0.3) is 0 Å². The summed E-state index contributed by atoms with van der Waals surface area (Å²) >= 11 is 1.75. The molecule has 0 aliphatic heterocycles. The average molecular weight is 212 g/mol. The lowest BCUT2D eigenvalue weighted by molar-refractivity contribution is -0.122. The number of amides is 1. The molecule has 1 aromatic heterocycles. The van der Waals surface area contributed by atoms with Crippen molar-refractivity contribution >= 4 is 17.2 Å². The number of carbonyl (C=O) groups is 1. The van der Waals surface area contributed by atoms with Gasteiger partial charge in [0.1, 0.15) is 0 Å². The second-order valence-corrected chi connectivity index (χ2v) is 4.15. The number of thiophene rings is 1. The van der Waals surface area contributed by atoms with Crippen LogP contribution in [0, 0.1) is 0 Å². The van der Waals surface area contributed by atoms with E-state index in [0.29, 0.717) is 0 Å². The lowest BCUT2D eigenvalue weighted by Gasteiger charge is -2.11. The van der Waals surface area contributed by atoms with Crippen molar-refractivity contribution in [2.75, 3.05) is 13.6 Å². The van der Waals surface area contributed by atoms with Crippen molar-refractivity contribution in [1.29, 1.82) is 0 Å². The first-order valence-electron chi connectivity index (χ1n) is 4.71. The first-order valence-corrected chi connectivity index (χ1v) is 5.59. The lowest BCUT2D eigenvalue weighted by atomic mass is 10.3. The third kappa shape index (κ3) is 3.47. The van der Waals surface area contributed by atoms with E-state index in [0.717, 1.165) is 13.0 Å². The number of hydrogen-bond acceptors (Lipinski definition) is 3. The fourth-order valence-corrected chi connectivity index (χ4v) is 1.88. The van der Waals surface area contributed by atoms with Gasteiger partial charge in [-0.05, 0) is 24.8 Å². The van der Waals surface area contributed by atoms with Crippen LogP contribution in [0.2, 0.25) is 0 Å². The number of likely N-dealkylation sites (N-methyl/N-ethyl adjacent to an activating group) is 1. The molecule has 14 heavy (non-hydrogen) atoms. The molecule has 1 rings (SSSR count). The Balaban J connectivity index is 2.18. The molecule has 1 heterocycles. The first-order chi connectivity index (χ1) is 6.74. The van der Waals surface area contributed by atoms with Gasteiger partial charge in [-0.25, -0.2) is 0 Å². The highest BCUT2D eigenvalue weighted by Crippen LogP contribution is 2.08. The molecule has 1 unspecified atom stereocenters. The zero-order valence-electron chi connectivity index (χ0n) is 8.54. The minimum Gasteiger partial charge on any atom is -0.358 e. The Morgan fingerprint density at radius 2 is 2.43 bits per heavy atom. The fourth-order valence-electron chi connectivity index (χ4n) is 1.18.